The molecule has 3 aromatic rings. The Morgan fingerprint density at radius 2 is 1.62 bits per heavy atom. The Morgan fingerprint density at radius 1 is 1.00 bits per heavy atom. The first-order valence-corrected chi connectivity index (χ1v) is 9.06. The highest BCUT2D eigenvalue weighted by atomic mass is 32.2. The van der Waals surface area contributed by atoms with Crippen LogP contribution in [0.1, 0.15) is 16.7 Å². The van der Waals surface area contributed by atoms with Gasteiger partial charge in [-0.25, -0.2) is 13.1 Å². The Balaban J connectivity index is 1.93. The second kappa shape index (κ2) is 6.13. The van der Waals surface area contributed by atoms with E-state index in [-0.39, 0.29) is 0 Å². The van der Waals surface area contributed by atoms with Gasteiger partial charge in [-0.05, 0) is 44.0 Å². The normalized spacial score (nSPS) is 11.5. The van der Waals surface area contributed by atoms with Crippen molar-refractivity contribution < 1.29 is 8.42 Å². The quantitative estimate of drug-likeness (QED) is 0.788. The predicted molar refractivity (Wildman–Crippen MR) is 95.0 cm³/mol. The van der Waals surface area contributed by atoms with Crippen LogP contribution in [0.2, 0.25) is 0 Å². The number of aryl methyl sites for hydroxylation is 3. The number of benzene rings is 2. The number of hydrogen-bond acceptors (Lipinski definition) is 3. The van der Waals surface area contributed by atoms with E-state index < -0.39 is 10.0 Å². The minimum atomic E-state index is -3.66. The molecule has 0 spiro atoms. The van der Waals surface area contributed by atoms with Crippen molar-refractivity contribution >= 4 is 15.7 Å². The lowest BCUT2D eigenvalue weighted by atomic mass is 10.1. The summed E-state index contributed by atoms with van der Waals surface area (Å²) in [6.45, 7) is 5.57. The van der Waals surface area contributed by atoms with Gasteiger partial charge in [0.2, 0.25) is 0 Å². The van der Waals surface area contributed by atoms with E-state index in [1.807, 2.05) is 63.2 Å². The molecule has 5 nitrogen and oxygen atoms in total. The molecule has 1 aromatic heterocycles. The van der Waals surface area contributed by atoms with E-state index in [1.165, 1.54) is 6.20 Å². The van der Waals surface area contributed by atoms with Crippen LogP contribution >= 0.6 is 0 Å². The van der Waals surface area contributed by atoms with E-state index in [2.05, 4.69) is 9.82 Å². The lowest BCUT2D eigenvalue weighted by molar-refractivity contribution is 0.600. The monoisotopic (exact) mass is 341 g/mol. The highest BCUT2D eigenvalue weighted by Crippen LogP contribution is 2.24. The van der Waals surface area contributed by atoms with Crippen molar-refractivity contribution in [1.29, 1.82) is 0 Å². The zero-order chi connectivity index (χ0) is 17.3. The predicted octanol–water partition coefficient (Wildman–Crippen LogP) is 3.60. The van der Waals surface area contributed by atoms with Crippen molar-refractivity contribution in [2.75, 3.05) is 4.72 Å². The molecule has 0 radical (unpaired) electrons. The van der Waals surface area contributed by atoms with E-state index in [4.69, 9.17) is 0 Å². The number of para-hydroxylation sites is 1. The summed E-state index contributed by atoms with van der Waals surface area (Å²) in [5.41, 5.74) is 3.80. The van der Waals surface area contributed by atoms with E-state index in [0.29, 0.717) is 10.6 Å². The fraction of sp³-hybridized carbons (Fsp3) is 0.167. The summed E-state index contributed by atoms with van der Waals surface area (Å²) in [4.78, 5) is 0.320. The second-order valence-corrected chi connectivity index (χ2v) is 7.46. The second-order valence-electron chi connectivity index (χ2n) is 5.84. The first-order valence-electron chi connectivity index (χ1n) is 7.57. The Bertz CT molecular complexity index is 954. The fourth-order valence-corrected chi connectivity index (χ4v) is 4.38. The van der Waals surface area contributed by atoms with E-state index >= 15 is 0 Å². The minimum Gasteiger partial charge on any atom is -0.276 e. The van der Waals surface area contributed by atoms with Crippen LogP contribution in [0.15, 0.2) is 59.8 Å². The lowest BCUT2D eigenvalue weighted by Crippen LogP contribution is -2.15. The number of rotatable bonds is 4. The van der Waals surface area contributed by atoms with E-state index in [9.17, 15) is 8.42 Å². The smallest absolute Gasteiger partial charge is 0.262 e. The number of anilines is 1. The lowest BCUT2D eigenvalue weighted by Gasteiger charge is -2.12. The maximum Gasteiger partial charge on any atom is 0.262 e. The number of aromatic nitrogens is 2. The molecule has 0 atom stereocenters. The Kier molecular flexibility index (Phi) is 4.15. The molecule has 3 rings (SSSR count). The van der Waals surface area contributed by atoms with Crippen LogP contribution in [-0.4, -0.2) is 18.2 Å². The van der Waals surface area contributed by atoms with Gasteiger partial charge in [0.05, 0.1) is 28.7 Å². The maximum atomic E-state index is 12.8. The van der Waals surface area contributed by atoms with Gasteiger partial charge < -0.3 is 0 Å². The Labute approximate surface area is 142 Å². The topological polar surface area (TPSA) is 64.0 Å². The molecule has 1 heterocycles. The molecule has 0 aliphatic carbocycles. The average Bonchev–Trinajstić information content (AvgIpc) is 2.94. The first-order chi connectivity index (χ1) is 11.4. The minimum absolute atomic E-state index is 0.320. The van der Waals surface area contributed by atoms with Crippen molar-refractivity contribution in [3.05, 3.63) is 71.5 Å². The van der Waals surface area contributed by atoms with Gasteiger partial charge in [0.15, 0.2) is 0 Å². The number of sulfonamides is 1. The number of nitrogens with one attached hydrogen (secondary N) is 1. The average molecular weight is 341 g/mol. The van der Waals surface area contributed by atoms with Crippen molar-refractivity contribution in [2.24, 2.45) is 0 Å². The molecule has 0 unspecified atom stereocenters. The Hall–Kier alpha value is -2.60. The third-order valence-electron chi connectivity index (χ3n) is 3.73. The zero-order valence-corrected chi connectivity index (χ0v) is 14.6. The number of hydrogen-bond donors (Lipinski definition) is 1. The van der Waals surface area contributed by atoms with Crippen molar-refractivity contribution in [2.45, 2.75) is 25.7 Å². The molecule has 0 aliphatic heterocycles. The van der Waals surface area contributed by atoms with Crippen LogP contribution in [0.5, 0.6) is 0 Å². The van der Waals surface area contributed by atoms with Gasteiger partial charge in [-0.1, -0.05) is 35.9 Å². The van der Waals surface area contributed by atoms with Crippen LogP contribution in [0.3, 0.4) is 0 Å². The van der Waals surface area contributed by atoms with Gasteiger partial charge in [-0.2, -0.15) is 5.10 Å². The van der Waals surface area contributed by atoms with Crippen molar-refractivity contribution in [3.8, 4) is 5.69 Å². The molecule has 24 heavy (non-hydrogen) atoms. The third-order valence-corrected chi connectivity index (χ3v) is 5.41. The summed E-state index contributed by atoms with van der Waals surface area (Å²) < 4.78 is 29.8. The van der Waals surface area contributed by atoms with Crippen LogP contribution in [0.4, 0.5) is 5.69 Å². The van der Waals surface area contributed by atoms with Crippen LogP contribution in [0.25, 0.3) is 5.69 Å². The van der Waals surface area contributed by atoms with Crippen molar-refractivity contribution in [3.63, 3.8) is 0 Å². The number of nitrogens with zero attached hydrogens (tertiary/aromatic N) is 2. The van der Waals surface area contributed by atoms with Crippen molar-refractivity contribution in [1.82, 2.24) is 9.78 Å². The summed E-state index contributed by atoms with van der Waals surface area (Å²) in [6.07, 6.45) is 3.16. The molecule has 2 aromatic carbocycles. The maximum absolute atomic E-state index is 12.8. The highest BCUT2D eigenvalue weighted by molar-refractivity contribution is 7.92. The van der Waals surface area contributed by atoms with E-state index in [0.717, 1.165) is 22.4 Å². The third kappa shape index (κ3) is 3.19. The largest absolute Gasteiger partial charge is 0.276 e. The van der Waals surface area contributed by atoms with E-state index in [1.54, 1.807) is 10.9 Å². The van der Waals surface area contributed by atoms with Gasteiger partial charge in [-0.15, -0.1) is 0 Å². The standard InChI is InChI=1S/C18H19N3O2S/c1-13-9-14(2)18(15(3)10-13)24(22,23)20-16-11-19-21(12-16)17-7-5-4-6-8-17/h4-12,20H,1-3H3. The first kappa shape index (κ1) is 16.3. The van der Waals surface area contributed by atoms with Crippen LogP contribution in [-0.2, 0) is 10.0 Å². The molecule has 0 bridgehead atoms. The SMILES string of the molecule is Cc1cc(C)c(S(=O)(=O)Nc2cnn(-c3ccccc3)c2)c(C)c1. The molecule has 0 saturated heterocycles. The molecule has 124 valence electrons. The molecule has 0 fully saturated rings. The van der Waals surface area contributed by atoms with Gasteiger partial charge in [-0.3, -0.25) is 4.72 Å². The fourth-order valence-electron chi connectivity index (χ4n) is 2.89. The molecule has 0 amide bonds. The molecule has 0 saturated carbocycles. The summed E-state index contributed by atoms with van der Waals surface area (Å²) in [5.74, 6) is 0. The summed E-state index contributed by atoms with van der Waals surface area (Å²) in [5, 5.41) is 4.21. The summed E-state index contributed by atoms with van der Waals surface area (Å²) in [6, 6.07) is 13.3. The highest BCUT2D eigenvalue weighted by Gasteiger charge is 2.20. The van der Waals surface area contributed by atoms with Crippen LogP contribution < -0.4 is 4.72 Å². The molecule has 0 aliphatic rings. The molecule has 6 heteroatoms. The molecular weight excluding hydrogens is 322 g/mol. The molecular formula is C18H19N3O2S. The Morgan fingerprint density at radius 3 is 2.25 bits per heavy atom. The van der Waals surface area contributed by atoms with Gasteiger partial charge in [0.25, 0.3) is 10.0 Å². The summed E-state index contributed by atoms with van der Waals surface area (Å²) >= 11 is 0. The van der Waals surface area contributed by atoms with Gasteiger partial charge >= 0.3 is 0 Å². The molecule has 1 N–H and O–H groups in total. The van der Waals surface area contributed by atoms with Gasteiger partial charge in [0.1, 0.15) is 0 Å². The summed E-state index contributed by atoms with van der Waals surface area (Å²) in [7, 11) is -3.66. The van der Waals surface area contributed by atoms with Crippen LogP contribution in [0, 0.1) is 20.8 Å². The zero-order valence-electron chi connectivity index (χ0n) is 13.8. The van der Waals surface area contributed by atoms with Gasteiger partial charge in [0, 0.05) is 0 Å².